The number of aromatic nitrogens is 2. The van der Waals surface area contributed by atoms with Crippen LogP contribution >= 0.6 is 0 Å². The van der Waals surface area contributed by atoms with Gasteiger partial charge in [0.25, 0.3) is 0 Å². The summed E-state index contributed by atoms with van der Waals surface area (Å²) in [5.41, 5.74) is 0. The molecule has 0 bridgehead atoms. The summed E-state index contributed by atoms with van der Waals surface area (Å²) in [7, 11) is -3.40. The van der Waals surface area contributed by atoms with Gasteiger partial charge < -0.3 is 5.32 Å². The minimum atomic E-state index is -3.40. The van der Waals surface area contributed by atoms with Gasteiger partial charge in [-0.2, -0.15) is 5.10 Å². The number of rotatable bonds is 11. The molecule has 6 nitrogen and oxygen atoms in total. The van der Waals surface area contributed by atoms with Crippen LogP contribution in [-0.2, 0) is 16.6 Å². The molecule has 21 heavy (non-hydrogen) atoms. The Labute approximate surface area is 127 Å². The highest BCUT2D eigenvalue weighted by Crippen LogP contribution is 2.18. The van der Waals surface area contributed by atoms with Crippen molar-refractivity contribution in [1.29, 1.82) is 0 Å². The van der Waals surface area contributed by atoms with E-state index >= 15 is 0 Å². The summed E-state index contributed by atoms with van der Waals surface area (Å²) in [5, 5.41) is 7.56. The van der Waals surface area contributed by atoms with Gasteiger partial charge in [0.2, 0.25) is 10.0 Å². The van der Waals surface area contributed by atoms with Gasteiger partial charge in [-0.25, -0.2) is 13.1 Å². The van der Waals surface area contributed by atoms with Gasteiger partial charge in [-0.1, -0.05) is 19.8 Å². The average Bonchev–Trinajstić information content (AvgIpc) is 3.15. The second-order valence-electron chi connectivity index (χ2n) is 5.63. The van der Waals surface area contributed by atoms with E-state index in [1.807, 2.05) is 0 Å². The molecule has 0 saturated heterocycles. The Morgan fingerprint density at radius 2 is 2.10 bits per heavy atom. The van der Waals surface area contributed by atoms with E-state index < -0.39 is 10.0 Å². The average molecular weight is 314 g/mol. The number of nitrogens with one attached hydrogen (secondary N) is 2. The van der Waals surface area contributed by atoms with Crippen LogP contribution in [0.4, 0.5) is 0 Å². The first-order valence-electron chi connectivity index (χ1n) is 7.87. The third kappa shape index (κ3) is 5.76. The summed E-state index contributed by atoms with van der Waals surface area (Å²) >= 11 is 0. The molecule has 1 aliphatic carbocycles. The predicted molar refractivity (Wildman–Crippen MR) is 82.6 cm³/mol. The SMILES string of the molecule is CCCCCNS(=O)(=O)c1cnn(CCCNC2CC2)c1. The molecule has 0 radical (unpaired) electrons. The zero-order valence-electron chi connectivity index (χ0n) is 12.7. The van der Waals surface area contributed by atoms with Gasteiger partial charge in [0.05, 0.1) is 6.20 Å². The Morgan fingerprint density at radius 1 is 1.29 bits per heavy atom. The van der Waals surface area contributed by atoms with Crippen LogP contribution in [0.3, 0.4) is 0 Å². The van der Waals surface area contributed by atoms with Crippen molar-refractivity contribution in [1.82, 2.24) is 19.8 Å². The molecule has 0 atom stereocenters. The molecule has 0 unspecified atom stereocenters. The van der Waals surface area contributed by atoms with Gasteiger partial charge in [-0.3, -0.25) is 4.68 Å². The number of nitrogens with zero attached hydrogens (tertiary/aromatic N) is 2. The standard InChI is InChI=1S/C14H26N4O2S/c1-2-3-4-9-17-21(19,20)14-11-16-18(12-14)10-5-8-15-13-6-7-13/h11-13,15,17H,2-10H2,1H3. The predicted octanol–water partition coefficient (Wildman–Crippen LogP) is 1.49. The normalized spacial score (nSPS) is 15.5. The van der Waals surface area contributed by atoms with Crippen molar-refractivity contribution in [2.45, 2.75) is 62.9 Å². The minimum absolute atomic E-state index is 0.258. The van der Waals surface area contributed by atoms with Crippen LogP contribution < -0.4 is 10.0 Å². The van der Waals surface area contributed by atoms with Crippen molar-refractivity contribution in [3.63, 3.8) is 0 Å². The third-order valence-electron chi connectivity index (χ3n) is 3.57. The van der Waals surface area contributed by atoms with Crippen molar-refractivity contribution >= 4 is 10.0 Å². The second kappa shape index (κ2) is 7.91. The van der Waals surface area contributed by atoms with Crippen LogP contribution in [-0.4, -0.2) is 37.3 Å². The van der Waals surface area contributed by atoms with Crippen LogP contribution in [0.25, 0.3) is 0 Å². The van der Waals surface area contributed by atoms with E-state index in [4.69, 9.17) is 0 Å². The molecule has 1 saturated carbocycles. The lowest BCUT2D eigenvalue weighted by atomic mass is 10.3. The van der Waals surface area contributed by atoms with Crippen molar-refractivity contribution in [2.24, 2.45) is 0 Å². The van der Waals surface area contributed by atoms with Crippen molar-refractivity contribution in [2.75, 3.05) is 13.1 Å². The fourth-order valence-corrected chi connectivity index (χ4v) is 3.13. The Balaban J connectivity index is 1.74. The Hall–Kier alpha value is -0.920. The molecule has 1 fully saturated rings. The maximum Gasteiger partial charge on any atom is 0.243 e. The lowest BCUT2D eigenvalue weighted by molar-refractivity contribution is 0.541. The molecule has 2 rings (SSSR count). The van der Waals surface area contributed by atoms with Crippen LogP contribution in [0.15, 0.2) is 17.3 Å². The van der Waals surface area contributed by atoms with Crippen molar-refractivity contribution < 1.29 is 8.42 Å². The first-order chi connectivity index (χ1) is 10.1. The van der Waals surface area contributed by atoms with Gasteiger partial charge >= 0.3 is 0 Å². The van der Waals surface area contributed by atoms with Gasteiger partial charge in [0.1, 0.15) is 4.90 Å². The minimum Gasteiger partial charge on any atom is -0.314 e. The quantitative estimate of drug-likeness (QED) is 0.607. The smallest absolute Gasteiger partial charge is 0.243 e. The molecule has 1 aromatic rings. The van der Waals surface area contributed by atoms with E-state index in [1.54, 1.807) is 10.9 Å². The summed E-state index contributed by atoms with van der Waals surface area (Å²) in [4.78, 5) is 0.258. The molecule has 1 heterocycles. The topological polar surface area (TPSA) is 76.0 Å². The summed E-state index contributed by atoms with van der Waals surface area (Å²) in [5.74, 6) is 0. The zero-order chi connectivity index (χ0) is 15.1. The third-order valence-corrected chi connectivity index (χ3v) is 4.98. The highest BCUT2D eigenvalue weighted by molar-refractivity contribution is 7.89. The largest absolute Gasteiger partial charge is 0.314 e. The van der Waals surface area contributed by atoms with Crippen LogP contribution in [0.5, 0.6) is 0 Å². The summed E-state index contributed by atoms with van der Waals surface area (Å²) in [6, 6.07) is 0.714. The van der Waals surface area contributed by atoms with E-state index in [0.717, 1.165) is 38.8 Å². The number of hydrogen-bond donors (Lipinski definition) is 2. The zero-order valence-corrected chi connectivity index (χ0v) is 13.5. The van der Waals surface area contributed by atoms with Crippen molar-refractivity contribution in [3.05, 3.63) is 12.4 Å². The van der Waals surface area contributed by atoms with Crippen LogP contribution in [0, 0.1) is 0 Å². The summed E-state index contributed by atoms with van der Waals surface area (Å²) in [6.45, 7) is 4.29. The van der Waals surface area contributed by atoms with E-state index in [2.05, 4.69) is 22.1 Å². The lowest BCUT2D eigenvalue weighted by Gasteiger charge is -2.04. The molecule has 1 aromatic heterocycles. The number of unbranched alkanes of at least 4 members (excludes halogenated alkanes) is 2. The Morgan fingerprint density at radius 3 is 2.81 bits per heavy atom. The fraction of sp³-hybridized carbons (Fsp3) is 0.786. The highest BCUT2D eigenvalue weighted by atomic mass is 32.2. The van der Waals surface area contributed by atoms with Crippen LogP contribution in [0.1, 0.15) is 45.4 Å². The van der Waals surface area contributed by atoms with E-state index in [0.29, 0.717) is 12.6 Å². The van der Waals surface area contributed by atoms with Gasteiger partial charge in [-0.15, -0.1) is 0 Å². The summed E-state index contributed by atoms with van der Waals surface area (Å²) in [6.07, 6.45) is 9.56. The number of sulfonamides is 1. The van der Waals surface area contributed by atoms with Crippen molar-refractivity contribution in [3.8, 4) is 0 Å². The molecule has 7 heteroatoms. The maximum atomic E-state index is 12.1. The molecule has 0 spiro atoms. The molecule has 0 aromatic carbocycles. The van der Waals surface area contributed by atoms with E-state index in [9.17, 15) is 8.42 Å². The lowest BCUT2D eigenvalue weighted by Crippen LogP contribution is -2.24. The molecule has 0 amide bonds. The summed E-state index contributed by atoms with van der Waals surface area (Å²) < 4.78 is 28.4. The Kier molecular flexibility index (Phi) is 6.20. The Bertz CT molecular complexity index is 523. The maximum absolute atomic E-state index is 12.1. The second-order valence-corrected chi connectivity index (χ2v) is 7.39. The molecule has 1 aliphatic rings. The number of aryl methyl sites for hydroxylation is 1. The molecular formula is C14H26N4O2S. The molecule has 120 valence electrons. The molecule has 2 N–H and O–H groups in total. The first-order valence-corrected chi connectivity index (χ1v) is 9.35. The first kappa shape index (κ1) is 16.5. The highest BCUT2D eigenvalue weighted by Gasteiger charge is 2.19. The van der Waals surface area contributed by atoms with Gasteiger partial charge in [0, 0.05) is 25.3 Å². The van der Waals surface area contributed by atoms with Crippen LogP contribution in [0.2, 0.25) is 0 Å². The van der Waals surface area contributed by atoms with E-state index in [-0.39, 0.29) is 4.90 Å². The fourth-order valence-electron chi connectivity index (χ4n) is 2.11. The van der Waals surface area contributed by atoms with Gasteiger partial charge in [0.15, 0.2) is 0 Å². The van der Waals surface area contributed by atoms with Gasteiger partial charge in [-0.05, 0) is 32.2 Å². The monoisotopic (exact) mass is 314 g/mol. The molecular weight excluding hydrogens is 288 g/mol. The number of hydrogen-bond acceptors (Lipinski definition) is 4. The van der Waals surface area contributed by atoms with E-state index in [1.165, 1.54) is 19.0 Å². The molecule has 0 aliphatic heterocycles.